The molecule has 9 nitrogen and oxygen atoms in total. The highest BCUT2D eigenvalue weighted by molar-refractivity contribution is 7.89. The van der Waals surface area contributed by atoms with E-state index in [-0.39, 0.29) is 39.5 Å². The molecule has 11 heteroatoms. The van der Waals surface area contributed by atoms with E-state index in [1.54, 1.807) is 24.3 Å². The Morgan fingerprint density at radius 2 is 1.77 bits per heavy atom. The maximum Gasteiger partial charge on any atom is 0.254 e. The molecule has 1 aromatic heterocycles. The van der Waals surface area contributed by atoms with Gasteiger partial charge in [-0.15, -0.1) is 0 Å². The average molecular weight is 428 g/mol. The van der Waals surface area contributed by atoms with E-state index in [0.29, 0.717) is 0 Å². The first-order chi connectivity index (χ1) is 14.1. The highest BCUT2D eigenvalue weighted by Crippen LogP contribution is 2.34. The minimum Gasteiger partial charge on any atom is -0.365 e. The number of fused-ring (bicyclic) bond motifs is 6. The number of carbonyl (C=O) groups excluding carboxylic acids is 1. The Bertz CT molecular complexity index is 1300. The van der Waals surface area contributed by atoms with E-state index in [1.165, 1.54) is 12.1 Å². The number of anilines is 4. The molecule has 1 amide bonds. The number of nitrogens with two attached hydrogens (primary N) is 2. The van der Waals surface area contributed by atoms with E-state index < -0.39 is 21.7 Å². The number of carbonyl (C=O) groups is 1. The number of nitrogens with zero attached hydrogens (tertiary/aromatic N) is 2. The van der Waals surface area contributed by atoms with Crippen LogP contribution in [-0.2, 0) is 10.0 Å². The quantitative estimate of drug-likeness (QED) is 0.488. The second-order valence-corrected chi connectivity index (χ2v) is 8.36. The molecular formula is C19H17FN6O3S. The Kier molecular flexibility index (Phi) is 4.63. The summed E-state index contributed by atoms with van der Waals surface area (Å²) in [6.07, 6.45) is 1.16. The summed E-state index contributed by atoms with van der Waals surface area (Å²) in [6.45, 7) is 1.89. The molecule has 154 valence electrons. The van der Waals surface area contributed by atoms with Crippen LogP contribution in [0.25, 0.3) is 0 Å². The number of halogens is 1. The molecule has 6 N–H and O–H groups in total. The van der Waals surface area contributed by atoms with Crippen LogP contribution in [0.3, 0.4) is 0 Å². The molecule has 1 aliphatic rings. The van der Waals surface area contributed by atoms with Gasteiger partial charge in [0, 0.05) is 12.1 Å². The molecule has 0 aliphatic carbocycles. The lowest BCUT2D eigenvalue weighted by Crippen LogP contribution is -2.18. The number of primary sulfonamides is 1. The molecule has 30 heavy (non-hydrogen) atoms. The number of hydrogen-bond donors (Lipinski definition) is 4. The van der Waals surface area contributed by atoms with Crippen LogP contribution < -0.4 is 21.5 Å². The van der Waals surface area contributed by atoms with Crippen molar-refractivity contribution in [2.45, 2.75) is 17.7 Å². The average Bonchev–Trinajstić information content (AvgIpc) is 2.67. The van der Waals surface area contributed by atoms with Gasteiger partial charge in [0.05, 0.1) is 11.4 Å². The van der Waals surface area contributed by atoms with Crippen LogP contribution in [0.5, 0.6) is 0 Å². The van der Waals surface area contributed by atoms with Gasteiger partial charge >= 0.3 is 0 Å². The molecule has 6 bridgehead atoms. The number of rotatable bonds is 2. The van der Waals surface area contributed by atoms with Crippen molar-refractivity contribution in [1.29, 1.82) is 0 Å². The zero-order valence-corrected chi connectivity index (χ0v) is 16.5. The van der Waals surface area contributed by atoms with Gasteiger partial charge in [0.2, 0.25) is 16.0 Å². The molecule has 0 saturated heterocycles. The van der Waals surface area contributed by atoms with E-state index in [0.717, 1.165) is 17.3 Å². The molecule has 0 spiro atoms. The summed E-state index contributed by atoms with van der Waals surface area (Å²) >= 11 is 0. The SMILES string of the molecule is CC1c2ccc(F)c(c2)Nc2ncc(C(N)=O)c(n2)Nc2cc1ccc2S(N)(=O)=O. The minimum absolute atomic E-state index is 0.0138. The van der Waals surface area contributed by atoms with Crippen LogP contribution >= 0.6 is 0 Å². The van der Waals surface area contributed by atoms with Crippen LogP contribution in [-0.4, -0.2) is 24.3 Å². The van der Waals surface area contributed by atoms with Gasteiger partial charge in [-0.2, -0.15) is 4.98 Å². The number of benzene rings is 2. The maximum atomic E-state index is 14.3. The lowest BCUT2D eigenvalue weighted by molar-refractivity contribution is 0.100. The first-order valence-electron chi connectivity index (χ1n) is 8.80. The third-order valence-corrected chi connectivity index (χ3v) is 5.82. The van der Waals surface area contributed by atoms with E-state index in [1.807, 2.05) is 6.92 Å². The van der Waals surface area contributed by atoms with Crippen LogP contribution in [0, 0.1) is 5.82 Å². The number of primary amides is 1. The number of nitrogens with one attached hydrogen (secondary N) is 2. The van der Waals surface area contributed by atoms with Gasteiger partial charge in [0.1, 0.15) is 22.1 Å². The third-order valence-electron chi connectivity index (χ3n) is 4.85. The lowest BCUT2D eigenvalue weighted by atomic mass is 9.92. The van der Waals surface area contributed by atoms with Crippen molar-refractivity contribution >= 4 is 39.1 Å². The Balaban J connectivity index is 2.02. The number of aromatic nitrogens is 2. The fourth-order valence-electron chi connectivity index (χ4n) is 3.23. The van der Waals surface area contributed by atoms with Crippen molar-refractivity contribution in [3.63, 3.8) is 0 Å². The molecule has 2 aromatic carbocycles. The molecule has 1 unspecified atom stereocenters. The summed E-state index contributed by atoms with van der Waals surface area (Å²) in [5.74, 6) is -1.61. The Hall–Kier alpha value is -3.57. The summed E-state index contributed by atoms with van der Waals surface area (Å²) in [7, 11) is -4.08. The predicted octanol–water partition coefficient (Wildman–Crippen LogP) is 2.31. The predicted molar refractivity (Wildman–Crippen MR) is 109 cm³/mol. The van der Waals surface area contributed by atoms with Gasteiger partial charge in [-0.3, -0.25) is 4.79 Å². The Morgan fingerprint density at radius 1 is 1.10 bits per heavy atom. The maximum absolute atomic E-state index is 14.3. The van der Waals surface area contributed by atoms with Gasteiger partial charge in [0.25, 0.3) is 5.91 Å². The second-order valence-electron chi connectivity index (χ2n) is 6.83. The molecule has 0 saturated carbocycles. The molecule has 1 atom stereocenters. The molecule has 2 heterocycles. The summed E-state index contributed by atoms with van der Waals surface area (Å²) in [5.41, 5.74) is 7.11. The van der Waals surface area contributed by atoms with E-state index in [4.69, 9.17) is 10.9 Å². The molecular weight excluding hydrogens is 411 g/mol. The number of amides is 1. The highest BCUT2D eigenvalue weighted by atomic mass is 32.2. The van der Waals surface area contributed by atoms with Crippen molar-refractivity contribution in [1.82, 2.24) is 9.97 Å². The Morgan fingerprint density at radius 3 is 2.43 bits per heavy atom. The van der Waals surface area contributed by atoms with Crippen molar-refractivity contribution in [3.05, 3.63) is 65.1 Å². The normalized spacial score (nSPS) is 15.2. The summed E-state index contributed by atoms with van der Waals surface area (Å²) < 4.78 is 38.5. The molecule has 0 radical (unpaired) electrons. The number of hydrogen-bond acceptors (Lipinski definition) is 7. The van der Waals surface area contributed by atoms with Gasteiger partial charge < -0.3 is 16.4 Å². The zero-order chi connectivity index (χ0) is 21.6. The first kappa shape index (κ1) is 19.7. The van der Waals surface area contributed by atoms with Crippen molar-refractivity contribution in [2.24, 2.45) is 10.9 Å². The smallest absolute Gasteiger partial charge is 0.254 e. The largest absolute Gasteiger partial charge is 0.365 e. The third kappa shape index (κ3) is 3.55. The van der Waals surface area contributed by atoms with Crippen LogP contribution in [0.1, 0.15) is 34.3 Å². The lowest BCUT2D eigenvalue weighted by Gasteiger charge is -2.20. The molecule has 3 aromatic rings. The van der Waals surface area contributed by atoms with E-state index in [9.17, 15) is 17.6 Å². The van der Waals surface area contributed by atoms with Crippen molar-refractivity contribution in [3.8, 4) is 0 Å². The molecule has 0 fully saturated rings. The minimum atomic E-state index is -4.08. The second kappa shape index (κ2) is 7.04. The highest BCUT2D eigenvalue weighted by Gasteiger charge is 2.22. The summed E-state index contributed by atoms with van der Waals surface area (Å²) in [4.78, 5) is 19.8. The molecule has 1 aliphatic heterocycles. The monoisotopic (exact) mass is 428 g/mol. The topological polar surface area (TPSA) is 153 Å². The molecule has 4 rings (SSSR count). The fourth-order valence-corrected chi connectivity index (χ4v) is 3.90. The number of sulfonamides is 1. The van der Waals surface area contributed by atoms with Gasteiger partial charge in [-0.25, -0.2) is 22.9 Å². The standard InChI is InChI=1S/C19H17FN6O3S/c1-9-10-2-4-13(20)14(6-10)25-19-23-8-12(17(21)27)18(26-19)24-15-7-11(9)3-5-16(15)30(22,28)29/h2-9H,1H3,(H2,21,27)(H2,22,28,29)(H2,23,24,25,26). The van der Waals surface area contributed by atoms with Crippen LogP contribution in [0.15, 0.2) is 47.5 Å². The van der Waals surface area contributed by atoms with Gasteiger partial charge in [-0.05, 0) is 35.4 Å². The zero-order valence-electron chi connectivity index (χ0n) is 15.7. The van der Waals surface area contributed by atoms with E-state index >= 15 is 0 Å². The summed E-state index contributed by atoms with van der Waals surface area (Å²) in [5, 5.41) is 11.0. The first-order valence-corrected chi connectivity index (χ1v) is 10.3. The Labute approximate surface area is 171 Å². The summed E-state index contributed by atoms with van der Waals surface area (Å²) in [6, 6.07) is 9.15. The van der Waals surface area contributed by atoms with Crippen LogP contribution in [0.4, 0.5) is 27.5 Å². The van der Waals surface area contributed by atoms with Gasteiger partial charge in [-0.1, -0.05) is 19.1 Å². The van der Waals surface area contributed by atoms with Crippen molar-refractivity contribution < 1.29 is 17.6 Å². The van der Waals surface area contributed by atoms with Crippen molar-refractivity contribution in [2.75, 3.05) is 10.6 Å². The van der Waals surface area contributed by atoms with E-state index in [2.05, 4.69) is 20.6 Å². The van der Waals surface area contributed by atoms with Gasteiger partial charge in [0.15, 0.2) is 0 Å². The fraction of sp³-hybridized carbons (Fsp3) is 0.105. The van der Waals surface area contributed by atoms with Crippen LogP contribution in [0.2, 0.25) is 0 Å².